The highest BCUT2D eigenvalue weighted by atomic mass is 16.6. The standard InChI is InChI=1S/C13H13N3O3/c1-19-13-7-3-6-12(15-13)14-9-10-4-2-5-11(8-10)16(17)18/h2-8H,9H2,1H3,(H,14,15). The van der Waals surface area contributed by atoms with Gasteiger partial charge in [0.1, 0.15) is 5.82 Å². The summed E-state index contributed by atoms with van der Waals surface area (Å²) in [5.41, 5.74) is 0.900. The Hall–Kier alpha value is -2.63. The average Bonchev–Trinajstić information content (AvgIpc) is 2.45. The molecule has 2 aromatic rings. The van der Waals surface area contributed by atoms with Crippen molar-refractivity contribution >= 4 is 11.5 Å². The van der Waals surface area contributed by atoms with E-state index in [9.17, 15) is 10.1 Å². The number of methoxy groups -OCH3 is 1. The number of anilines is 1. The molecule has 0 saturated heterocycles. The molecule has 6 heteroatoms. The highest BCUT2D eigenvalue weighted by Gasteiger charge is 2.05. The van der Waals surface area contributed by atoms with Crippen LogP contribution in [0.1, 0.15) is 5.56 Å². The van der Waals surface area contributed by atoms with Crippen molar-refractivity contribution in [2.45, 2.75) is 6.54 Å². The average molecular weight is 259 g/mol. The van der Waals surface area contributed by atoms with E-state index in [1.807, 2.05) is 12.1 Å². The van der Waals surface area contributed by atoms with Gasteiger partial charge in [0.25, 0.3) is 5.69 Å². The summed E-state index contributed by atoms with van der Waals surface area (Å²) in [6.45, 7) is 0.460. The van der Waals surface area contributed by atoms with Crippen molar-refractivity contribution in [1.82, 2.24) is 4.98 Å². The molecule has 0 atom stereocenters. The zero-order chi connectivity index (χ0) is 13.7. The molecule has 0 unspecified atom stereocenters. The van der Waals surface area contributed by atoms with Gasteiger partial charge in [-0.2, -0.15) is 4.98 Å². The molecule has 1 heterocycles. The van der Waals surface area contributed by atoms with E-state index in [0.29, 0.717) is 18.2 Å². The van der Waals surface area contributed by atoms with Crippen LogP contribution in [0.5, 0.6) is 5.88 Å². The van der Waals surface area contributed by atoms with Gasteiger partial charge in [0.2, 0.25) is 5.88 Å². The molecule has 0 aliphatic rings. The van der Waals surface area contributed by atoms with Gasteiger partial charge in [-0.3, -0.25) is 10.1 Å². The summed E-state index contributed by atoms with van der Waals surface area (Å²) in [7, 11) is 1.55. The van der Waals surface area contributed by atoms with Crippen LogP contribution in [0.25, 0.3) is 0 Å². The lowest BCUT2D eigenvalue weighted by Gasteiger charge is -2.06. The first kappa shape index (κ1) is 12.8. The van der Waals surface area contributed by atoms with Gasteiger partial charge in [-0.05, 0) is 11.6 Å². The van der Waals surface area contributed by atoms with Crippen LogP contribution in [0.3, 0.4) is 0 Å². The van der Waals surface area contributed by atoms with E-state index in [1.54, 1.807) is 25.3 Å². The molecule has 1 N–H and O–H groups in total. The minimum Gasteiger partial charge on any atom is -0.481 e. The Labute approximate surface area is 110 Å². The van der Waals surface area contributed by atoms with Crippen molar-refractivity contribution < 1.29 is 9.66 Å². The number of aromatic nitrogens is 1. The highest BCUT2D eigenvalue weighted by Crippen LogP contribution is 2.15. The third-order valence-corrected chi connectivity index (χ3v) is 2.53. The number of nitro groups is 1. The zero-order valence-electron chi connectivity index (χ0n) is 10.4. The lowest BCUT2D eigenvalue weighted by Crippen LogP contribution is -2.02. The molecule has 0 amide bonds. The Morgan fingerprint density at radius 2 is 2.11 bits per heavy atom. The second-order valence-corrected chi connectivity index (χ2v) is 3.85. The fourth-order valence-corrected chi connectivity index (χ4v) is 1.60. The molecule has 98 valence electrons. The molecule has 0 radical (unpaired) electrons. The number of nitro benzene ring substituents is 1. The Kier molecular flexibility index (Phi) is 3.92. The van der Waals surface area contributed by atoms with Gasteiger partial charge in [0.05, 0.1) is 12.0 Å². The normalized spacial score (nSPS) is 9.95. The fourth-order valence-electron chi connectivity index (χ4n) is 1.60. The summed E-state index contributed by atoms with van der Waals surface area (Å²) >= 11 is 0. The van der Waals surface area contributed by atoms with E-state index in [4.69, 9.17) is 4.74 Å². The van der Waals surface area contributed by atoms with E-state index in [0.717, 1.165) is 5.56 Å². The minimum absolute atomic E-state index is 0.0814. The molecule has 1 aromatic carbocycles. The number of ether oxygens (including phenoxy) is 1. The van der Waals surface area contributed by atoms with Gasteiger partial charge in [-0.1, -0.05) is 18.2 Å². The smallest absolute Gasteiger partial charge is 0.269 e. The topological polar surface area (TPSA) is 77.3 Å². The third kappa shape index (κ3) is 3.41. The lowest BCUT2D eigenvalue weighted by atomic mass is 10.2. The molecular formula is C13H13N3O3. The molecule has 0 fully saturated rings. The first-order chi connectivity index (χ1) is 9.19. The predicted octanol–water partition coefficient (Wildman–Crippen LogP) is 2.61. The maximum atomic E-state index is 10.7. The number of rotatable bonds is 5. The van der Waals surface area contributed by atoms with Gasteiger partial charge in [0.15, 0.2) is 0 Å². The third-order valence-electron chi connectivity index (χ3n) is 2.53. The SMILES string of the molecule is COc1cccc(NCc2cccc([N+](=O)[O-])c2)n1. The van der Waals surface area contributed by atoms with Crippen LogP contribution in [-0.4, -0.2) is 17.0 Å². The lowest BCUT2D eigenvalue weighted by molar-refractivity contribution is -0.384. The largest absolute Gasteiger partial charge is 0.481 e. The van der Waals surface area contributed by atoms with Crippen LogP contribution in [-0.2, 0) is 6.54 Å². The highest BCUT2D eigenvalue weighted by molar-refractivity contribution is 5.40. The molecule has 6 nitrogen and oxygen atoms in total. The molecule has 0 saturated carbocycles. The summed E-state index contributed by atoms with van der Waals surface area (Å²) in [5, 5.41) is 13.8. The summed E-state index contributed by atoms with van der Waals surface area (Å²) < 4.78 is 5.02. The van der Waals surface area contributed by atoms with Crippen molar-refractivity contribution in [3.05, 3.63) is 58.1 Å². The first-order valence-electron chi connectivity index (χ1n) is 5.67. The van der Waals surface area contributed by atoms with Gasteiger partial charge in [0, 0.05) is 24.7 Å². The van der Waals surface area contributed by atoms with Crippen LogP contribution < -0.4 is 10.1 Å². The summed E-state index contributed by atoms with van der Waals surface area (Å²) in [5.74, 6) is 1.18. The van der Waals surface area contributed by atoms with Crippen molar-refractivity contribution in [3.8, 4) is 5.88 Å². The Morgan fingerprint density at radius 3 is 2.84 bits per heavy atom. The molecular weight excluding hydrogens is 246 g/mol. The zero-order valence-corrected chi connectivity index (χ0v) is 10.4. The number of pyridine rings is 1. The maximum Gasteiger partial charge on any atom is 0.269 e. The van der Waals surface area contributed by atoms with Gasteiger partial charge in [-0.25, -0.2) is 0 Å². The monoisotopic (exact) mass is 259 g/mol. The second-order valence-electron chi connectivity index (χ2n) is 3.85. The summed E-state index contributed by atoms with van der Waals surface area (Å²) in [4.78, 5) is 14.5. The van der Waals surface area contributed by atoms with Crippen LogP contribution in [0, 0.1) is 10.1 Å². The van der Waals surface area contributed by atoms with Gasteiger partial charge >= 0.3 is 0 Å². The molecule has 2 rings (SSSR count). The van der Waals surface area contributed by atoms with E-state index in [1.165, 1.54) is 12.1 Å². The van der Waals surface area contributed by atoms with Gasteiger partial charge < -0.3 is 10.1 Å². The first-order valence-corrected chi connectivity index (χ1v) is 5.67. The molecule has 1 aromatic heterocycles. The number of nitrogens with one attached hydrogen (secondary N) is 1. The predicted molar refractivity (Wildman–Crippen MR) is 71.2 cm³/mol. The molecule has 0 aliphatic heterocycles. The Bertz CT molecular complexity index is 587. The van der Waals surface area contributed by atoms with E-state index in [2.05, 4.69) is 10.3 Å². The van der Waals surface area contributed by atoms with Crippen LogP contribution in [0.2, 0.25) is 0 Å². The molecule has 0 aliphatic carbocycles. The Morgan fingerprint density at radius 1 is 1.32 bits per heavy atom. The summed E-state index contributed by atoms with van der Waals surface area (Å²) in [6.07, 6.45) is 0. The van der Waals surface area contributed by atoms with Crippen molar-refractivity contribution in [2.24, 2.45) is 0 Å². The fraction of sp³-hybridized carbons (Fsp3) is 0.154. The molecule has 19 heavy (non-hydrogen) atoms. The molecule has 0 spiro atoms. The maximum absolute atomic E-state index is 10.7. The van der Waals surface area contributed by atoms with Crippen molar-refractivity contribution in [3.63, 3.8) is 0 Å². The van der Waals surface area contributed by atoms with Crippen LogP contribution >= 0.6 is 0 Å². The van der Waals surface area contributed by atoms with E-state index in [-0.39, 0.29) is 5.69 Å². The quantitative estimate of drug-likeness (QED) is 0.659. The van der Waals surface area contributed by atoms with Crippen LogP contribution in [0.15, 0.2) is 42.5 Å². The second kappa shape index (κ2) is 5.81. The number of hydrogen-bond acceptors (Lipinski definition) is 5. The Balaban J connectivity index is 2.05. The van der Waals surface area contributed by atoms with Gasteiger partial charge in [-0.15, -0.1) is 0 Å². The number of nitrogens with zero attached hydrogens (tertiary/aromatic N) is 2. The van der Waals surface area contributed by atoms with Crippen molar-refractivity contribution in [1.29, 1.82) is 0 Å². The minimum atomic E-state index is -0.409. The van der Waals surface area contributed by atoms with E-state index >= 15 is 0 Å². The summed E-state index contributed by atoms with van der Waals surface area (Å²) in [6, 6.07) is 11.9. The number of non-ortho nitro benzene ring substituents is 1. The number of hydrogen-bond donors (Lipinski definition) is 1. The van der Waals surface area contributed by atoms with Crippen molar-refractivity contribution in [2.75, 3.05) is 12.4 Å². The number of benzene rings is 1. The van der Waals surface area contributed by atoms with E-state index < -0.39 is 4.92 Å². The molecule has 0 bridgehead atoms. The van der Waals surface area contributed by atoms with Crippen LogP contribution in [0.4, 0.5) is 11.5 Å².